The number of carbonyl (C=O) groups is 2. The number of ether oxygens (including phenoxy) is 1. The highest BCUT2D eigenvalue weighted by Gasteiger charge is 2.31. The van der Waals surface area contributed by atoms with Gasteiger partial charge >= 0.3 is 5.69 Å². The average molecular weight is 483 g/mol. The Kier molecular flexibility index (Phi) is 7.62. The van der Waals surface area contributed by atoms with Gasteiger partial charge in [0.05, 0.1) is 23.7 Å². The minimum atomic E-state index is -0.614. The van der Waals surface area contributed by atoms with E-state index in [1.807, 2.05) is 40.0 Å². The standard InChI is InChI=1S/C25H30N4O4S/c1-33-22-10-6-3-7-18(22)23(30)26-20(13-16-34-2)24(31)28-14-11-17(12-15-28)29-21-9-5-4-8-19(21)27-25(29)32/h3-10,17,20H,11-16H2,1-2H3,(H,26,30)(H,27,32). The molecular weight excluding hydrogens is 452 g/mol. The SMILES string of the molecule is COc1ccccc1C(=O)NC(CCSC)C(=O)N1CCC(n2c(=O)[nH]c3ccccc32)CC1. The van der Waals surface area contributed by atoms with Gasteiger partial charge in [-0.2, -0.15) is 11.8 Å². The number of fused-ring (bicyclic) bond motifs is 1. The van der Waals surface area contributed by atoms with Gasteiger partial charge in [0.2, 0.25) is 5.91 Å². The number of para-hydroxylation sites is 3. The number of aromatic amines is 1. The van der Waals surface area contributed by atoms with Gasteiger partial charge in [-0.05, 0) is 55.5 Å². The summed E-state index contributed by atoms with van der Waals surface area (Å²) in [6.07, 6.45) is 3.89. The summed E-state index contributed by atoms with van der Waals surface area (Å²) in [5, 5.41) is 2.93. The predicted molar refractivity (Wildman–Crippen MR) is 135 cm³/mol. The van der Waals surface area contributed by atoms with Crippen molar-refractivity contribution >= 4 is 34.6 Å². The highest BCUT2D eigenvalue weighted by molar-refractivity contribution is 7.98. The zero-order valence-corrected chi connectivity index (χ0v) is 20.3. The van der Waals surface area contributed by atoms with Gasteiger partial charge in [-0.3, -0.25) is 14.2 Å². The molecule has 1 saturated heterocycles. The molecule has 1 aliphatic rings. The summed E-state index contributed by atoms with van der Waals surface area (Å²) in [4.78, 5) is 43.6. The number of aromatic nitrogens is 2. The van der Waals surface area contributed by atoms with E-state index in [2.05, 4.69) is 10.3 Å². The lowest BCUT2D eigenvalue weighted by molar-refractivity contribution is -0.134. The Balaban J connectivity index is 1.45. The zero-order valence-electron chi connectivity index (χ0n) is 19.5. The van der Waals surface area contributed by atoms with Gasteiger partial charge in [0.15, 0.2) is 0 Å². The first-order valence-corrected chi connectivity index (χ1v) is 12.8. The number of likely N-dealkylation sites (tertiary alicyclic amines) is 1. The molecule has 1 fully saturated rings. The molecular formula is C25H30N4O4S. The molecule has 8 nitrogen and oxygen atoms in total. The molecule has 0 bridgehead atoms. The van der Waals surface area contributed by atoms with Crippen molar-refractivity contribution in [2.45, 2.75) is 31.3 Å². The van der Waals surface area contributed by atoms with E-state index < -0.39 is 6.04 Å². The van der Waals surface area contributed by atoms with Crippen LogP contribution in [-0.2, 0) is 4.79 Å². The number of H-pyrrole nitrogens is 1. The maximum Gasteiger partial charge on any atom is 0.326 e. The fraction of sp³-hybridized carbons (Fsp3) is 0.400. The number of piperidine rings is 1. The molecule has 2 heterocycles. The van der Waals surface area contributed by atoms with Crippen molar-refractivity contribution in [1.82, 2.24) is 19.8 Å². The number of amides is 2. The second kappa shape index (κ2) is 10.8. The highest BCUT2D eigenvalue weighted by atomic mass is 32.2. The summed E-state index contributed by atoms with van der Waals surface area (Å²) in [7, 11) is 1.52. The Morgan fingerprint density at radius 3 is 2.59 bits per heavy atom. The third-order valence-corrected chi connectivity index (χ3v) is 6.97. The quantitative estimate of drug-likeness (QED) is 0.515. The van der Waals surface area contributed by atoms with E-state index in [1.165, 1.54) is 7.11 Å². The number of hydrogen-bond donors (Lipinski definition) is 2. The number of carbonyl (C=O) groups excluding carboxylic acids is 2. The van der Waals surface area contributed by atoms with Crippen molar-refractivity contribution in [3.63, 3.8) is 0 Å². The van der Waals surface area contributed by atoms with E-state index in [1.54, 1.807) is 36.0 Å². The molecule has 0 radical (unpaired) electrons. The largest absolute Gasteiger partial charge is 0.496 e. The first-order chi connectivity index (χ1) is 16.5. The molecule has 1 aliphatic heterocycles. The van der Waals surface area contributed by atoms with Gasteiger partial charge in [-0.25, -0.2) is 4.79 Å². The molecule has 2 amide bonds. The number of methoxy groups -OCH3 is 1. The average Bonchev–Trinajstić information content (AvgIpc) is 3.21. The number of benzene rings is 2. The molecule has 3 aromatic rings. The molecule has 1 aromatic heterocycles. The smallest absolute Gasteiger partial charge is 0.326 e. The van der Waals surface area contributed by atoms with Crippen molar-refractivity contribution in [3.8, 4) is 5.75 Å². The monoisotopic (exact) mass is 482 g/mol. The molecule has 0 spiro atoms. The predicted octanol–water partition coefficient (Wildman–Crippen LogP) is 3.05. The lowest BCUT2D eigenvalue weighted by atomic mass is 10.0. The Morgan fingerprint density at radius 2 is 1.85 bits per heavy atom. The highest BCUT2D eigenvalue weighted by Crippen LogP contribution is 2.25. The molecule has 0 saturated carbocycles. The molecule has 34 heavy (non-hydrogen) atoms. The topological polar surface area (TPSA) is 96.4 Å². The van der Waals surface area contributed by atoms with E-state index in [-0.39, 0.29) is 23.5 Å². The van der Waals surface area contributed by atoms with E-state index in [9.17, 15) is 14.4 Å². The Labute approximate surface area is 202 Å². The lowest BCUT2D eigenvalue weighted by Crippen LogP contribution is -2.51. The van der Waals surface area contributed by atoms with Crippen LogP contribution >= 0.6 is 11.8 Å². The van der Waals surface area contributed by atoms with Crippen LogP contribution in [0.25, 0.3) is 11.0 Å². The minimum absolute atomic E-state index is 0.0283. The van der Waals surface area contributed by atoms with Crippen molar-refractivity contribution in [1.29, 1.82) is 0 Å². The maximum atomic E-state index is 13.4. The van der Waals surface area contributed by atoms with E-state index in [0.29, 0.717) is 43.7 Å². The van der Waals surface area contributed by atoms with E-state index in [4.69, 9.17) is 4.74 Å². The number of imidazole rings is 1. The second-order valence-corrected chi connectivity index (χ2v) is 9.37. The summed E-state index contributed by atoms with van der Waals surface area (Å²) in [6.45, 7) is 1.07. The summed E-state index contributed by atoms with van der Waals surface area (Å²) in [5.74, 6) is 0.823. The van der Waals surface area contributed by atoms with Gasteiger partial charge in [0.1, 0.15) is 11.8 Å². The Hall–Kier alpha value is -3.20. The van der Waals surface area contributed by atoms with Crippen molar-refractivity contribution in [2.24, 2.45) is 0 Å². The molecule has 2 aromatic carbocycles. The molecule has 180 valence electrons. The maximum absolute atomic E-state index is 13.4. The fourth-order valence-electron chi connectivity index (χ4n) is 4.56. The van der Waals surface area contributed by atoms with Gasteiger partial charge in [0.25, 0.3) is 5.91 Å². The van der Waals surface area contributed by atoms with Crippen LogP contribution in [0.1, 0.15) is 35.7 Å². The van der Waals surface area contributed by atoms with Crippen LogP contribution in [0.15, 0.2) is 53.3 Å². The van der Waals surface area contributed by atoms with Crippen molar-refractivity contribution in [3.05, 3.63) is 64.6 Å². The first-order valence-electron chi connectivity index (χ1n) is 11.4. The van der Waals surface area contributed by atoms with Gasteiger partial charge in [-0.1, -0.05) is 24.3 Å². The van der Waals surface area contributed by atoms with Crippen molar-refractivity contribution in [2.75, 3.05) is 32.2 Å². The molecule has 2 N–H and O–H groups in total. The first kappa shape index (κ1) is 23.9. The minimum Gasteiger partial charge on any atom is -0.496 e. The number of rotatable bonds is 8. The Morgan fingerprint density at radius 1 is 1.15 bits per heavy atom. The van der Waals surface area contributed by atoms with Gasteiger partial charge < -0.3 is 19.9 Å². The van der Waals surface area contributed by atoms with E-state index >= 15 is 0 Å². The summed E-state index contributed by atoms with van der Waals surface area (Å²) in [6, 6.07) is 14.1. The third kappa shape index (κ3) is 4.99. The lowest BCUT2D eigenvalue weighted by Gasteiger charge is -2.35. The third-order valence-electron chi connectivity index (χ3n) is 6.33. The Bertz CT molecular complexity index is 1210. The van der Waals surface area contributed by atoms with Crippen LogP contribution in [0, 0.1) is 0 Å². The van der Waals surface area contributed by atoms with Crippen LogP contribution < -0.4 is 15.7 Å². The molecule has 1 atom stereocenters. The van der Waals surface area contributed by atoms with Crippen LogP contribution in [0.5, 0.6) is 5.75 Å². The molecule has 0 aliphatic carbocycles. The van der Waals surface area contributed by atoms with Gasteiger partial charge in [0, 0.05) is 19.1 Å². The number of thioether (sulfide) groups is 1. The molecule has 4 rings (SSSR count). The summed E-state index contributed by atoms with van der Waals surface area (Å²) < 4.78 is 7.11. The summed E-state index contributed by atoms with van der Waals surface area (Å²) in [5.41, 5.74) is 2.00. The van der Waals surface area contributed by atoms with Crippen LogP contribution in [-0.4, -0.2) is 64.5 Å². The second-order valence-electron chi connectivity index (χ2n) is 8.38. The number of hydrogen-bond acceptors (Lipinski definition) is 5. The van der Waals surface area contributed by atoms with Crippen LogP contribution in [0.4, 0.5) is 0 Å². The molecule has 9 heteroatoms. The normalized spacial score (nSPS) is 15.3. The van der Waals surface area contributed by atoms with Crippen LogP contribution in [0.2, 0.25) is 0 Å². The molecule has 1 unspecified atom stereocenters. The van der Waals surface area contributed by atoms with E-state index in [0.717, 1.165) is 16.8 Å². The number of nitrogens with one attached hydrogen (secondary N) is 2. The summed E-state index contributed by atoms with van der Waals surface area (Å²) >= 11 is 1.64. The zero-order chi connectivity index (χ0) is 24.1. The fourth-order valence-corrected chi connectivity index (χ4v) is 5.03. The van der Waals surface area contributed by atoms with Crippen LogP contribution in [0.3, 0.4) is 0 Å². The number of nitrogens with zero attached hydrogens (tertiary/aromatic N) is 2. The van der Waals surface area contributed by atoms with Crippen molar-refractivity contribution < 1.29 is 14.3 Å². The van der Waals surface area contributed by atoms with Gasteiger partial charge in [-0.15, -0.1) is 0 Å².